The number of allylic oxidation sites excluding steroid dienone is 2. The zero-order valence-electron chi connectivity index (χ0n) is 30.6. The van der Waals surface area contributed by atoms with Crippen LogP contribution in [0.1, 0.15) is 174 Å². The van der Waals surface area contributed by atoms with Gasteiger partial charge in [-0.25, -0.2) is 4.57 Å². The fraction of sp³-hybridized carbons (Fsp3) is 0.892. The number of carboxylic acids is 1. The van der Waals surface area contributed by atoms with Gasteiger partial charge in [0.05, 0.1) is 19.8 Å². The minimum atomic E-state index is -4.60. The van der Waals surface area contributed by atoms with Crippen molar-refractivity contribution in [2.45, 2.75) is 187 Å². The minimum absolute atomic E-state index is 0.0173. The fourth-order valence-corrected chi connectivity index (χ4v) is 6.02. The maximum atomic E-state index is 12.5. The van der Waals surface area contributed by atoms with Gasteiger partial charge in [-0.05, 0) is 38.5 Å². The van der Waals surface area contributed by atoms with E-state index in [0.29, 0.717) is 13.0 Å². The van der Waals surface area contributed by atoms with Crippen LogP contribution in [0.5, 0.6) is 0 Å². The Kier molecular flexibility index (Phi) is 33.3. The fourth-order valence-electron chi connectivity index (χ4n) is 5.24. The molecule has 0 aromatic heterocycles. The number of esters is 1. The summed E-state index contributed by atoms with van der Waals surface area (Å²) in [6, 6.07) is -1.47. The molecule has 0 fully saturated rings. The molecule has 284 valence electrons. The van der Waals surface area contributed by atoms with E-state index in [4.69, 9.17) is 24.8 Å². The molecular weight excluding hydrogens is 633 g/mol. The van der Waals surface area contributed by atoms with Crippen molar-refractivity contribution in [3.8, 4) is 0 Å². The lowest BCUT2D eigenvalue weighted by atomic mass is 10.1. The molecule has 0 aliphatic rings. The summed E-state index contributed by atoms with van der Waals surface area (Å²) in [5.41, 5.74) is 5.33. The van der Waals surface area contributed by atoms with Crippen LogP contribution < -0.4 is 5.73 Å². The first-order chi connectivity index (χ1) is 23.2. The molecular formula is C37H72NO9P. The summed E-state index contributed by atoms with van der Waals surface area (Å²) in [5.74, 6) is -1.78. The van der Waals surface area contributed by atoms with E-state index in [2.05, 4.69) is 30.5 Å². The lowest BCUT2D eigenvalue weighted by molar-refractivity contribution is -0.154. The summed E-state index contributed by atoms with van der Waals surface area (Å²) in [7, 11) is -4.60. The Bertz CT molecular complexity index is 827. The maximum Gasteiger partial charge on any atom is 0.472 e. The van der Waals surface area contributed by atoms with E-state index >= 15 is 0 Å². The third-order valence-corrected chi connectivity index (χ3v) is 9.25. The van der Waals surface area contributed by atoms with Crippen molar-refractivity contribution in [1.29, 1.82) is 0 Å². The van der Waals surface area contributed by atoms with E-state index < -0.39 is 45.1 Å². The largest absolute Gasteiger partial charge is 0.480 e. The molecule has 0 radical (unpaired) electrons. The number of hydrogen-bond acceptors (Lipinski definition) is 8. The van der Waals surface area contributed by atoms with Gasteiger partial charge in [-0.2, -0.15) is 0 Å². The topological polar surface area (TPSA) is 155 Å². The second-order valence-corrected chi connectivity index (χ2v) is 14.5. The molecule has 0 saturated heterocycles. The van der Waals surface area contributed by atoms with E-state index in [1.165, 1.54) is 109 Å². The highest BCUT2D eigenvalue weighted by Gasteiger charge is 2.27. The Morgan fingerprint density at radius 1 is 0.646 bits per heavy atom. The van der Waals surface area contributed by atoms with Gasteiger partial charge in [0, 0.05) is 13.0 Å². The van der Waals surface area contributed by atoms with Crippen LogP contribution in [0.2, 0.25) is 0 Å². The lowest BCUT2D eigenvalue weighted by Gasteiger charge is -2.20. The summed E-state index contributed by atoms with van der Waals surface area (Å²) in [5, 5.41) is 8.85. The number of rotatable bonds is 37. The third-order valence-electron chi connectivity index (χ3n) is 8.29. The predicted octanol–water partition coefficient (Wildman–Crippen LogP) is 9.81. The van der Waals surface area contributed by atoms with Gasteiger partial charge in [0.15, 0.2) is 0 Å². The Balaban J connectivity index is 4.26. The first-order valence-corrected chi connectivity index (χ1v) is 20.7. The molecule has 0 saturated carbocycles. The second kappa shape index (κ2) is 34.2. The molecule has 4 N–H and O–H groups in total. The molecule has 3 atom stereocenters. The van der Waals surface area contributed by atoms with Gasteiger partial charge in [0.25, 0.3) is 0 Å². The molecule has 0 bridgehead atoms. The predicted molar refractivity (Wildman–Crippen MR) is 194 cm³/mol. The van der Waals surface area contributed by atoms with Crippen LogP contribution in [0, 0.1) is 0 Å². The van der Waals surface area contributed by atoms with Gasteiger partial charge in [-0.3, -0.25) is 18.6 Å². The first-order valence-electron chi connectivity index (χ1n) is 19.2. The monoisotopic (exact) mass is 705 g/mol. The normalized spacial score (nSPS) is 14.2. The molecule has 0 aliphatic heterocycles. The number of nitrogens with two attached hydrogens (primary N) is 1. The smallest absolute Gasteiger partial charge is 0.472 e. The van der Waals surface area contributed by atoms with Gasteiger partial charge in [0.1, 0.15) is 12.1 Å². The summed E-state index contributed by atoms with van der Waals surface area (Å²) in [6.07, 6.45) is 32.6. The van der Waals surface area contributed by atoms with Crippen LogP contribution in [0.25, 0.3) is 0 Å². The van der Waals surface area contributed by atoms with Crippen molar-refractivity contribution in [3.63, 3.8) is 0 Å². The maximum absolute atomic E-state index is 12.5. The van der Waals surface area contributed by atoms with Crippen molar-refractivity contribution in [2.24, 2.45) is 5.73 Å². The summed E-state index contributed by atoms with van der Waals surface area (Å²) >= 11 is 0. The Hall–Kier alpha value is -1.29. The number of phosphoric ester groups is 1. The molecule has 0 aromatic rings. The average molecular weight is 706 g/mol. The van der Waals surface area contributed by atoms with Crippen LogP contribution in [0.4, 0.5) is 0 Å². The number of carbonyl (C=O) groups is 2. The Labute approximate surface area is 292 Å². The molecule has 0 amide bonds. The number of aliphatic carboxylic acids is 1. The number of hydrogen-bond donors (Lipinski definition) is 3. The van der Waals surface area contributed by atoms with Crippen molar-refractivity contribution in [1.82, 2.24) is 0 Å². The first kappa shape index (κ1) is 46.7. The van der Waals surface area contributed by atoms with Crippen LogP contribution >= 0.6 is 7.82 Å². The van der Waals surface area contributed by atoms with Crippen LogP contribution in [0.3, 0.4) is 0 Å². The highest BCUT2D eigenvalue weighted by atomic mass is 31.2. The van der Waals surface area contributed by atoms with Gasteiger partial charge >= 0.3 is 19.8 Å². The number of carboxylic acid groups (broad SMARTS) is 1. The van der Waals surface area contributed by atoms with Gasteiger partial charge in [-0.1, -0.05) is 142 Å². The van der Waals surface area contributed by atoms with Crippen LogP contribution in [-0.4, -0.2) is 60.5 Å². The number of phosphoric acid groups is 1. The van der Waals surface area contributed by atoms with E-state index in [-0.39, 0.29) is 13.0 Å². The van der Waals surface area contributed by atoms with Crippen molar-refractivity contribution >= 4 is 19.8 Å². The van der Waals surface area contributed by atoms with Crippen LogP contribution in [-0.2, 0) is 32.7 Å². The summed E-state index contributed by atoms with van der Waals surface area (Å²) in [4.78, 5) is 33.3. The molecule has 3 unspecified atom stereocenters. The second-order valence-electron chi connectivity index (χ2n) is 13.1. The van der Waals surface area contributed by atoms with E-state index in [1.54, 1.807) is 0 Å². The highest BCUT2D eigenvalue weighted by molar-refractivity contribution is 7.47. The number of unbranched alkanes of at least 4 members (excludes halogenated alkanes) is 21. The molecule has 0 spiro atoms. The van der Waals surface area contributed by atoms with Crippen molar-refractivity contribution in [2.75, 3.05) is 26.4 Å². The Morgan fingerprint density at radius 3 is 1.58 bits per heavy atom. The molecule has 0 heterocycles. The highest BCUT2D eigenvalue weighted by Crippen LogP contribution is 2.43. The average Bonchev–Trinajstić information content (AvgIpc) is 3.06. The van der Waals surface area contributed by atoms with Crippen molar-refractivity contribution in [3.05, 3.63) is 12.2 Å². The molecule has 0 aliphatic carbocycles. The van der Waals surface area contributed by atoms with Gasteiger partial charge in [-0.15, -0.1) is 0 Å². The standard InChI is InChI=1S/C37H72NO9P/c1-3-5-7-9-11-13-15-16-17-18-19-20-22-24-26-28-30-44-31-34(32-45-48(42,43)46-33-35(38)37(40)41)47-36(39)29-27-25-23-21-14-12-10-8-6-4-2/h16-17,34-35H,3-15,18-33,38H2,1-2H3,(H,40,41)(H,42,43)/b17-16-. The van der Waals surface area contributed by atoms with Crippen molar-refractivity contribution < 1.29 is 42.7 Å². The Morgan fingerprint density at radius 2 is 1.08 bits per heavy atom. The van der Waals surface area contributed by atoms with E-state index in [9.17, 15) is 19.0 Å². The number of carbonyl (C=O) groups excluding carboxylic acids is 1. The zero-order chi connectivity index (χ0) is 35.6. The summed E-state index contributed by atoms with van der Waals surface area (Å²) in [6.45, 7) is 3.85. The molecule has 10 nitrogen and oxygen atoms in total. The van der Waals surface area contributed by atoms with Crippen LogP contribution in [0.15, 0.2) is 12.2 Å². The van der Waals surface area contributed by atoms with Gasteiger partial charge in [0.2, 0.25) is 0 Å². The third kappa shape index (κ3) is 33.2. The molecule has 48 heavy (non-hydrogen) atoms. The van der Waals surface area contributed by atoms with E-state index in [1.807, 2.05) is 0 Å². The quantitative estimate of drug-likeness (QED) is 0.0246. The SMILES string of the molecule is CCCCCCCC/C=C\CCCCCCCCOCC(COP(=O)(O)OCC(N)C(=O)O)OC(=O)CCCCCCCCCCCC. The number of ether oxygens (including phenoxy) is 2. The summed E-state index contributed by atoms with van der Waals surface area (Å²) < 4.78 is 33.2. The molecule has 0 rings (SSSR count). The minimum Gasteiger partial charge on any atom is -0.480 e. The van der Waals surface area contributed by atoms with Gasteiger partial charge < -0.3 is 25.2 Å². The zero-order valence-corrected chi connectivity index (χ0v) is 31.5. The molecule has 0 aromatic carbocycles. The van der Waals surface area contributed by atoms with E-state index in [0.717, 1.165) is 38.5 Å². The molecule has 11 heteroatoms. The lowest BCUT2D eigenvalue weighted by Crippen LogP contribution is -2.34.